The van der Waals surface area contributed by atoms with Crippen molar-refractivity contribution in [3.05, 3.63) is 33.9 Å². The zero-order valence-electron chi connectivity index (χ0n) is 10.9. The summed E-state index contributed by atoms with van der Waals surface area (Å²) in [6.45, 7) is 1.25. The van der Waals surface area contributed by atoms with E-state index in [2.05, 4.69) is 12.6 Å². The highest BCUT2D eigenvalue weighted by atomic mass is 32.1. The first kappa shape index (κ1) is 15.3. The summed E-state index contributed by atoms with van der Waals surface area (Å²) < 4.78 is 10.2. The third-order valence-electron chi connectivity index (χ3n) is 2.86. The fraction of sp³-hybridized carbons (Fsp3) is 0.417. The van der Waals surface area contributed by atoms with Gasteiger partial charge in [0.15, 0.2) is 11.5 Å². The first-order chi connectivity index (χ1) is 8.85. The topological polar surface area (TPSA) is 78.7 Å². The van der Waals surface area contributed by atoms with Crippen molar-refractivity contribution in [2.45, 2.75) is 18.9 Å². The highest BCUT2D eigenvalue weighted by Crippen LogP contribution is 2.30. The predicted molar refractivity (Wildman–Crippen MR) is 72.6 cm³/mol. The van der Waals surface area contributed by atoms with Crippen LogP contribution < -0.4 is 9.47 Å². The third kappa shape index (κ3) is 3.17. The van der Waals surface area contributed by atoms with Gasteiger partial charge in [-0.1, -0.05) is 18.7 Å². The molecule has 0 aliphatic rings. The van der Waals surface area contributed by atoms with Gasteiger partial charge in [-0.15, -0.1) is 0 Å². The van der Waals surface area contributed by atoms with Crippen LogP contribution in [0.2, 0.25) is 0 Å². The lowest BCUT2D eigenvalue weighted by molar-refractivity contribution is -0.545. The van der Waals surface area contributed by atoms with E-state index in [0.717, 1.165) is 0 Å². The molecule has 0 aliphatic heterocycles. The molecule has 6 nitrogen and oxygen atoms in total. The van der Waals surface area contributed by atoms with E-state index in [0.29, 0.717) is 17.1 Å². The molecular weight excluding hydrogens is 270 g/mol. The molecule has 1 unspecified atom stereocenters. The lowest BCUT2D eigenvalue weighted by atomic mass is 9.94. The molecule has 0 fully saturated rings. The zero-order valence-corrected chi connectivity index (χ0v) is 11.8. The Morgan fingerprint density at radius 2 is 1.95 bits per heavy atom. The smallest absolute Gasteiger partial charge is 0.290 e. The summed E-state index contributed by atoms with van der Waals surface area (Å²) in [5, 5.41) is 10.2. The fourth-order valence-corrected chi connectivity index (χ4v) is 1.77. The Morgan fingerprint density at radius 1 is 1.37 bits per heavy atom. The number of hydrogen-bond donors (Lipinski definition) is 1. The Labute approximate surface area is 116 Å². The molecule has 1 aromatic carbocycles. The Morgan fingerprint density at radius 3 is 2.37 bits per heavy atom. The van der Waals surface area contributed by atoms with E-state index in [4.69, 9.17) is 9.47 Å². The van der Waals surface area contributed by atoms with Gasteiger partial charge in [0, 0.05) is 11.8 Å². The number of hydrogen-bond acceptors (Lipinski definition) is 5. The number of rotatable bonds is 6. The van der Waals surface area contributed by atoms with Crippen molar-refractivity contribution in [1.29, 1.82) is 0 Å². The highest BCUT2D eigenvalue weighted by molar-refractivity contribution is 7.96. The number of nitro groups is 1. The van der Waals surface area contributed by atoms with Crippen molar-refractivity contribution < 1.29 is 19.2 Å². The minimum atomic E-state index is -1.76. The number of thiol groups is 1. The van der Waals surface area contributed by atoms with Crippen molar-refractivity contribution in [2.24, 2.45) is 0 Å². The molecule has 0 spiro atoms. The second-order valence-corrected chi connectivity index (χ2v) is 4.61. The van der Waals surface area contributed by atoms with Gasteiger partial charge in [0.25, 0.3) is 10.7 Å². The predicted octanol–water partition coefficient (Wildman–Crippen LogP) is 1.74. The molecule has 19 heavy (non-hydrogen) atoms. The van der Waals surface area contributed by atoms with Gasteiger partial charge in [0.1, 0.15) is 0 Å². The first-order valence-corrected chi connectivity index (χ1v) is 5.88. The summed E-state index contributed by atoms with van der Waals surface area (Å²) in [6, 6.07) is 4.90. The van der Waals surface area contributed by atoms with Crippen LogP contribution in [0.25, 0.3) is 0 Å². The largest absolute Gasteiger partial charge is 0.493 e. The van der Waals surface area contributed by atoms with Gasteiger partial charge >= 0.3 is 0 Å². The van der Waals surface area contributed by atoms with Crippen molar-refractivity contribution in [3.8, 4) is 11.5 Å². The normalized spacial score (nSPS) is 13.5. The molecule has 0 amide bonds. The Kier molecular flexibility index (Phi) is 4.77. The van der Waals surface area contributed by atoms with E-state index < -0.39 is 15.6 Å². The standard InChI is InChI=1S/C12H15NO5S/c1-12(11(14)19,13(15)16)7-8-4-5-9(17-2)10(6-8)18-3/h4-6H,7H2,1-3H3,(H,14,19). The van der Waals surface area contributed by atoms with E-state index in [1.807, 2.05) is 0 Å². The van der Waals surface area contributed by atoms with Gasteiger partial charge in [-0.25, -0.2) is 0 Å². The summed E-state index contributed by atoms with van der Waals surface area (Å²) in [6.07, 6.45) is -0.0668. The molecule has 0 bridgehead atoms. The average molecular weight is 285 g/mol. The van der Waals surface area contributed by atoms with Gasteiger partial charge in [-0.2, -0.15) is 0 Å². The highest BCUT2D eigenvalue weighted by Gasteiger charge is 2.43. The number of carbonyl (C=O) groups is 1. The molecule has 0 saturated heterocycles. The van der Waals surface area contributed by atoms with Crippen LogP contribution in [-0.4, -0.2) is 29.8 Å². The van der Waals surface area contributed by atoms with Crippen LogP contribution in [0.4, 0.5) is 0 Å². The molecular formula is C12H15NO5S. The summed E-state index contributed by atoms with van der Waals surface area (Å²) >= 11 is 3.60. The number of methoxy groups -OCH3 is 2. The van der Waals surface area contributed by atoms with Crippen molar-refractivity contribution in [2.75, 3.05) is 14.2 Å². The van der Waals surface area contributed by atoms with E-state index in [1.54, 1.807) is 18.2 Å². The second kappa shape index (κ2) is 5.92. The molecule has 0 saturated carbocycles. The average Bonchev–Trinajstić information content (AvgIpc) is 2.37. The Bertz CT molecular complexity index is 489. The quantitative estimate of drug-likeness (QED) is 0.489. The van der Waals surface area contributed by atoms with E-state index in [-0.39, 0.29) is 6.42 Å². The summed E-state index contributed by atoms with van der Waals surface area (Å²) in [5.74, 6) is 0.976. The molecule has 1 atom stereocenters. The van der Waals surface area contributed by atoms with Crippen LogP contribution in [0.1, 0.15) is 12.5 Å². The zero-order chi connectivity index (χ0) is 14.6. The van der Waals surface area contributed by atoms with Gasteiger partial charge in [0.05, 0.1) is 20.6 Å². The maximum atomic E-state index is 11.4. The van der Waals surface area contributed by atoms with E-state index in [1.165, 1.54) is 21.1 Å². The van der Waals surface area contributed by atoms with Crippen molar-refractivity contribution in [1.82, 2.24) is 0 Å². The molecule has 7 heteroatoms. The summed E-state index contributed by atoms with van der Waals surface area (Å²) in [7, 11) is 2.97. The lowest BCUT2D eigenvalue weighted by Gasteiger charge is -2.17. The van der Waals surface area contributed by atoms with Crippen LogP contribution in [0.5, 0.6) is 11.5 Å². The minimum Gasteiger partial charge on any atom is -0.493 e. The van der Waals surface area contributed by atoms with Gasteiger partial charge in [-0.05, 0) is 17.7 Å². The Hall–Kier alpha value is -1.76. The van der Waals surface area contributed by atoms with E-state index in [9.17, 15) is 14.9 Å². The van der Waals surface area contributed by atoms with Crippen LogP contribution in [0, 0.1) is 10.1 Å². The maximum absolute atomic E-state index is 11.4. The monoisotopic (exact) mass is 285 g/mol. The van der Waals surface area contributed by atoms with Crippen LogP contribution in [0.3, 0.4) is 0 Å². The lowest BCUT2D eigenvalue weighted by Crippen LogP contribution is -2.43. The van der Waals surface area contributed by atoms with Crippen LogP contribution >= 0.6 is 12.6 Å². The third-order valence-corrected chi connectivity index (χ3v) is 3.34. The van der Waals surface area contributed by atoms with Crippen molar-refractivity contribution in [3.63, 3.8) is 0 Å². The molecule has 1 aromatic rings. The van der Waals surface area contributed by atoms with Gasteiger partial charge in [-0.3, -0.25) is 14.9 Å². The summed E-state index contributed by atoms with van der Waals surface area (Å²) in [4.78, 5) is 21.8. The van der Waals surface area contributed by atoms with E-state index >= 15 is 0 Å². The number of ether oxygens (including phenoxy) is 2. The fourth-order valence-electron chi connectivity index (χ4n) is 1.61. The van der Waals surface area contributed by atoms with Gasteiger partial charge < -0.3 is 9.47 Å². The van der Waals surface area contributed by atoms with Crippen LogP contribution in [0.15, 0.2) is 18.2 Å². The molecule has 1 rings (SSSR count). The molecule has 104 valence electrons. The first-order valence-electron chi connectivity index (χ1n) is 5.44. The molecule has 0 N–H and O–H groups in total. The number of benzene rings is 1. The summed E-state index contributed by atoms with van der Waals surface area (Å²) in [5.41, 5.74) is -1.16. The van der Waals surface area contributed by atoms with Crippen molar-refractivity contribution >= 4 is 17.7 Å². The maximum Gasteiger partial charge on any atom is 0.290 e. The Balaban J connectivity index is 3.11. The molecule has 0 aromatic heterocycles. The molecule has 0 radical (unpaired) electrons. The SMILES string of the molecule is COc1ccc(CC(C)(C(=O)S)[N+](=O)[O-])cc1OC. The van der Waals surface area contributed by atoms with Crippen LogP contribution in [-0.2, 0) is 11.2 Å². The number of carbonyl (C=O) groups excluding carboxylic acids is 1. The molecule has 0 heterocycles. The minimum absolute atomic E-state index is 0.0668. The number of nitrogens with zero attached hydrogens (tertiary/aromatic N) is 1. The second-order valence-electron chi connectivity index (χ2n) is 4.20. The van der Waals surface area contributed by atoms with Gasteiger partial charge in [0.2, 0.25) is 0 Å². The molecule has 0 aliphatic carbocycles.